The number of pyridine rings is 1. The molecule has 0 N–H and O–H groups in total. The predicted octanol–water partition coefficient (Wildman–Crippen LogP) is 5.90. The van der Waals surface area contributed by atoms with Crippen molar-refractivity contribution in [3.63, 3.8) is 0 Å². The predicted molar refractivity (Wildman–Crippen MR) is 94.6 cm³/mol. The van der Waals surface area contributed by atoms with Crippen LogP contribution in [0.1, 0.15) is 0 Å². The van der Waals surface area contributed by atoms with Gasteiger partial charge in [0.25, 0.3) is 0 Å². The minimum absolute atomic E-state index is 1.01. The molecule has 0 aliphatic carbocycles. The molecule has 2 aromatic carbocycles. The average molecular weight is 356 g/mol. The molecule has 0 atom stereocenters. The van der Waals surface area contributed by atoms with Crippen molar-refractivity contribution in [1.29, 1.82) is 0 Å². The lowest BCUT2D eigenvalue weighted by atomic mass is 10.1. The molecular formula is C18H14BrNS. The third kappa shape index (κ3) is 3.36. The van der Waals surface area contributed by atoms with Gasteiger partial charge in [0.05, 0.1) is 11.4 Å². The highest BCUT2D eigenvalue weighted by atomic mass is 79.9. The fourth-order valence-corrected chi connectivity index (χ4v) is 2.87. The van der Waals surface area contributed by atoms with Crippen LogP contribution >= 0.6 is 27.7 Å². The zero-order valence-electron chi connectivity index (χ0n) is 11.6. The number of halogens is 1. The molecule has 1 aromatic heterocycles. The number of thioether (sulfide) groups is 1. The van der Waals surface area contributed by atoms with Crippen LogP contribution in [0.15, 0.2) is 76.1 Å². The summed E-state index contributed by atoms with van der Waals surface area (Å²) in [7, 11) is 0. The van der Waals surface area contributed by atoms with Crippen LogP contribution in [0.3, 0.4) is 0 Å². The van der Waals surface area contributed by atoms with Gasteiger partial charge >= 0.3 is 0 Å². The fraction of sp³-hybridized carbons (Fsp3) is 0.0556. The van der Waals surface area contributed by atoms with Crippen molar-refractivity contribution in [3.05, 3.63) is 71.2 Å². The summed E-state index contributed by atoms with van der Waals surface area (Å²) in [5, 5.41) is 0. The first-order valence-electron chi connectivity index (χ1n) is 6.64. The van der Waals surface area contributed by atoms with Crippen molar-refractivity contribution in [2.75, 3.05) is 6.26 Å². The van der Waals surface area contributed by atoms with Crippen molar-refractivity contribution >= 4 is 27.7 Å². The zero-order valence-corrected chi connectivity index (χ0v) is 14.0. The molecular weight excluding hydrogens is 342 g/mol. The summed E-state index contributed by atoms with van der Waals surface area (Å²) in [6, 6.07) is 22.9. The van der Waals surface area contributed by atoms with Gasteiger partial charge in [-0.15, -0.1) is 11.8 Å². The van der Waals surface area contributed by atoms with E-state index in [0.29, 0.717) is 0 Å². The van der Waals surface area contributed by atoms with Crippen LogP contribution in [0, 0.1) is 0 Å². The van der Waals surface area contributed by atoms with Crippen LogP contribution < -0.4 is 0 Å². The molecule has 21 heavy (non-hydrogen) atoms. The van der Waals surface area contributed by atoms with E-state index in [1.807, 2.05) is 30.3 Å². The molecule has 0 unspecified atom stereocenters. The first kappa shape index (κ1) is 14.4. The second kappa shape index (κ2) is 6.46. The van der Waals surface area contributed by atoms with E-state index < -0.39 is 0 Å². The van der Waals surface area contributed by atoms with E-state index in [4.69, 9.17) is 4.98 Å². The molecule has 0 aliphatic heterocycles. The lowest BCUT2D eigenvalue weighted by molar-refractivity contribution is 1.27. The van der Waals surface area contributed by atoms with Crippen LogP contribution in [0.2, 0.25) is 0 Å². The summed E-state index contributed by atoms with van der Waals surface area (Å²) < 4.78 is 1.08. The van der Waals surface area contributed by atoms with E-state index in [1.54, 1.807) is 11.8 Å². The molecule has 0 bridgehead atoms. The maximum atomic E-state index is 4.82. The lowest BCUT2D eigenvalue weighted by Crippen LogP contribution is -1.89. The van der Waals surface area contributed by atoms with E-state index in [0.717, 1.165) is 27.0 Å². The standard InChI is InChI=1S/C18H14BrNS/c1-21-16-11-17(13-5-3-2-4-6-13)20-18(12-16)14-7-9-15(19)10-8-14/h2-12H,1H3. The summed E-state index contributed by atoms with van der Waals surface area (Å²) in [4.78, 5) is 6.05. The van der Waals surface area contributed by atoms with Crippen LogP contribution in [0.4, 0.5) is 0 Å². The Balaban J connectivity index is 2.11. The number of benzene rings is 2. The largest absolute Gasteiger partial charge is 0.248 e. The molecule has 1 heterocycles. The van der Waals surface area contributed by atoms with Gasteiger partial charge in [0, 0.05) is 20.5 Å². The summed E-state index contributed by atoms with van der Waals surface area (Å²) in [6.45, 7) is 0. The molecule has 104 valence electrons. The molecule has 0 spiro atoms. The zero-order chi connectivity index (χ0) is 14.7. The van der Waals surface area contributed by atoms with Crippen molar-refractivity contribution in [1.82, 2.24) is 4.98 Å². The van der Waals surface area contributed by atoms with Gasteiger partial charge in [0.2, 0.25) is 0 Å². The highest BCUT2D eigenvalue weighted by Crippen LogP contribution is 2.29. The van der Waals surface area contributed by atoms with E-state index in [1.165, 1.54) is 4.90 Å². The number of hydrogen-bond acceptors (Lipinski definition) is 2. The van der Waals surface area contributed by atoms with Crippen molar-refractivity contribution in [2.45, 2.75) is 4.90 Å². The average Bonchev–Trinajstić information content (AvgIpc) is 2.56. The van der Waals surface area contributed by atoms with Crippen LogP contribution in [-0.4, -0.2) is 11.2 Å². The molecule has 1 nitrogen and oxygen atoms in total. The van der Waals surface area contributed by atoms with Gasteiger partial charge in [0.15, 0.2) is 0 Å². The highest BCUT2D eigenvalue weighted by Gasteiger charge is 2.06. The Kier molecular flexibility index (Phi) is 4.42. The Morgan fingerprint density at radius 1 is 0.810 bits per heavy atom. The Hall–Kier alpha value is -1.58. The van der Waals surface area contributed by atoms with Gasteiger partial charge in [-0.1, -0.05) is 58.4 Å². The molecule has 0 saturated heterocycles. The second-order valence-electron chi connectivity index (χ2n) is 4.65. The fourth-order valence-electron chi connectivity index (χ4n) is 2.15. The molecule has 0 fully saturated rings. The topological polar surface area (TPSA) is 12.9 Å². The minimum Gasteiger partial charge on any atom is -0.248 e. The maximum absolute atomic E-state index is 4.82. The third-order valence-electron chi connectivity index (χ3n) is 3.24. The minimum atomic E-state index is 1.01. The van der Waals surface area contributed by atoms with Gasteiger partial charge < -0.3 is 0 Å². The van der Waals surface area contributed by atoms with Gasteiger partial charge in [-0.05, 0) is 30.5 Å². The summed E-state index contributed by atoms with van der Waals surface area (Å²) in [5.74, 6) is 0. The molecule has 3 heteroatoms. The van der Waals surface area contributed by atoms with Crippen molar-refractivity contribution in [3.8, 4) is 22.5 Å². The Labute approximate surface area is 137 Å². The van der Waals surface area contributed by atoms with E-state index in [-0.39, 0.29) is 0 Å². The molecule has 0 radical (unpaired) electrons. The van der Waals surface area contributed by atoms with E-state index >= 15 is 0 Å². The number of hydrogen-bond donors (Lipinski definition) is 0. The second-order valence-corrected chi connectivity index (χ2v) is 6.45. The first-order chi connectivity index (χ1) is 10.3. The SMILES string of the molecule is CSc1cc(-c2ccccc2)nc(-c2ccc(Br)cc2)c1. The van der Waals surface area contributed by atoms with Crippen molar-refractivity contribution < 1.29 is 0 Å². The monoisotopic (exact) mass is 355 g/mol. The van der Waals surface area contributed by atoms with Crippen LogP contribution in [-0.2, 0) is 0 Å². The van der Waals surface area contributed by atoms with Crippen LogP contribution in [0.5, 0.6) is 0 Å². The number of aromatic nitrogens is 1. The Bertz CT molecular complexity index is 739. The Morgan fingerprint density at radius 2 is 1.38 bits per heavy atom. The van der Waals surface area contributed by atoms with E-state index in [2.05, 4.69) is 58.6 Å². The molecule has 3 rings (SSSR count). The Morgan fingerprint density at radius 3 is 1.95 bits per heavy atom. The normalized spacial score (nSPS) is 10.6. The van der Waals surface area contributed by atoms with Crippen LogP contribution in [0.25, 0.3) is 22.5 Å². The highest BCUT2D eigenvalue weighted by molar-refractivity contribution is 9.10. The summed E-state index contributed by atoms with van der Waals surface area (Å²) in [5.41, 5.74) is 4.30. The van der Waals surface area contributed by atoms with Crippen molar-refractivity contribution in [2.24, 2.45) is 0 Å². The van der Waals surface area contributed by atoms with Gasteiger partial charge in [-0.25, -0.2) is 4.98 Å². The molecule has 0 amide bonds. The first-order valence-corrected chi connectivity index (χ1v) is 8.65. The number of nitrogens with zero attached hydrogens (tertiary/aromatic N) is 1. The maximum Gasteiger partial charge on any atom is 0.0720 e. The summed E-state index contributed by atoms with van der Waals surface area (Å²) >= 11 is 5.21. The van der Waals surface area contributed by atoms with Gasteiger partial charge in [-0.2, -0.15) is 0 Å². The lowest BCUT2D eigenvalue weighted by Gasteiger charge is -2.08. The molecule has 0 saturated carbocycles. The third-order valence-corrected chi connectivity index (χ3v) is 4.48. The smallest absolute Gasteiger partial charge is 0.0720 e. The van der Waals surface area contributed by atoms with Gasteiger partial charge in [-0.3, -0.25) is 0 Å². The molecule has 0 aliphatic rings. The van der Waals surface area contributed by atoms with E-state index in [9.17, 15) is 0 Å². The van der Waals surface area contributed by atoms with Gasteiger partial charge in [0.1, 0.15) is 0 Å². The number of rotatable bonds is 3. The molecule has 3 aromatic rings. The summed E-state index contributed by atoms with van der Waals surface area (Å²) in [6.07, 6.45) is 2.09. The quantitative estimate of drug-likeness (QED) is 0.542.